The van der Waals surface area contributed by atoms with E-state index in [0.717, 1.165) is 96.3 Å². The largest absolute Gasteiger partial charge is 0.462 e. The molecule has 0 saturated heterocycles. The molecule has 6 heteroatoms. The predicted molar refractivity (Wildman–Crippen MR) is 251 cm³/mol. The van der Waals surface area contributed by atoms with Crippen LogP contribution in [-0.4, -0.2) is 37.2 Å². The number of ether oxygens (including phenoxy) is 3. The van der Waals surface area contributed by atoms with Gasteiger partial charge in [0, 0.05) is 19.3 Å². The number of rotatable bonds is 41. The second-order valence-electron chi connectivity index (χ2n) is 15.3. The summed E-state index contributed by atoms with van der Waals surface area (Å²) in [5.74, 6) is -1.03. The van der Waals surface area contributed by atoms with Crippen molar-refractivity contribution < 1.29 is 28.6 Å². The maximum absolute atomic E-state index is 12.7. The van der Waals surface area contributed by atoms with E-state index in [1.54, 1.807) is 0 Å². The van der Waals surface area contributed by atoms with E-state index in [1.807, 2.05) is 0 Å². The molecule has 0 aliphatic heterocycles. The topological polar surface area (TPSA) is 78.9 Å². The SMILES string of the molecule is CC/C=C\C/C=C\CCCCC(=O)OCC(COC(=O)CCC/C=C\C/C=C\C/C=C\C/C=C\CCCCC)OC(=O)CCCCCCCC/C=C\C=C/CCCCC. The molecule has 0 fully saturated rings. The van der Waals surface area contributed by atoms with Gasteiger partial charge in [-0.15, -0.1) is 0 Å². The number of hydrogen-bond donors (Lipinski definition) is 0. The molecular weight excluding hydrogens is 733 g/mol. The number of unbranched alkanes of at least 4 members (excludes halogenated alkanes) is 15. The van der Waals surface area contributed by atoms with Crippen molar-refractivity contribution in [3.63, 3.8) is 0 Å². The molecule has 1 unspecified atom stereocenters. The Bertz CT molecular complexity index is 1220. The zero-order chi connectivity index (χ0) is 43.0. The number of esters is 3. The minimum atomic E-state index is -0.817. The molecule has 0 aromatic carbocycles. The first-order valence-electron chi connectivity index (χ1n) is 23.8. The average Bonchev–Trinajstić information content (AvgIpc) is 3.23. The van der Waals surface area contributed by atoms with Crippen molar-refractivity contribution in [3.8, 4) is 0 Å². The van der Waals surface area contributed by atoms with Gasteiger partial charge in [-0.05, 0) is 109 Å². The van der Waals surface area contributed by atoms with Crippen LogP contribution in [0.4, 0.5) is 0 Å². The Hall–Kier alpha value is -3.67. The molecule has 0 aliphatic carbocycles. The van der Waals surface area contributed by atoms with E-state index < -0.39 is 6.10 Å². The van der Waals surface area contributed by atoms with Gasteiger partial charge in [0.25, 0.3) is 0 Å². The van der Waals surface area contributed by atoms with E-state index in [9.17, 15) is 14.4 Å². The van der Waals surface area contributed by atoms with Gasteiger partial charge in [-0.25, -0.2) is 0 Å². The quantitative estimate of drug-likeness (QED) is 0.0201. The highest BCUT2D eigenvalue weighted by Gasteiger charge is 2.19. The lowest BCUT2D eigenvalue weighted by molar-refractivity contribution is -0.167. The fraction of sp³-hybridized carbons (Fsp3) is 0.642. The molecule has 334 valence electrons. The van der Waals surface area contributed by atoms with Gasteiger partial charge in [-0.1, -0.05) is 169 Å². The van der Waals surface area contributed by atoms with E-state index in [2.05, 4.69) is 118 Å². The summed E-state index contributed by atoms with van der Waals surface area (Å²) < 4.78 is 16.6. The number of allylic oxidation sites excluding steroid dienone is 16. The smallest absolute Gasteiger partial charge is 0.306 e. The Morgan fingerprint density at radius 2 is 0.729 bits per heavy atom. The molecule has 0 heterocycles. The van der Waals surface area contributed by atoms with Crippen LogP contribution in [-0.2, 0) is 28.6 Å². The lowest BCUT2D eigenvalue weighted by atomic mass is 10.1. The van der Waals surface area contributed by atoms with Crippen molar-refractivity contribution in [1.29, 1.82) is 0 Å². The fourth-order valence-electron chi connectivity index (χ4n) is 5.99. The predicted octanol–water partition coefficient (Wildman–Crippen LogP) is 15.4. The van der Waals surface area contributed by atoms with Crippen molar-refractivity contribution in [2.75, 3.05) is 13.2 Å². The molecule has 0 aromatic rings. The summed E-state index contributed by atoms with van der Waals surface area (Å²) in [4.78, 5) is 37.7. The highest BCUT2D eigenvalue weighted by Crippen LogP contribution is 2.12. The van der Waals surface area contributed by atoms with Crippen LogP contribution in [0.25, 0.3) is 0 Å². The summed E-state index contributed by atoms with van der Waals surface area (Å²) in [7, 11) is 0. The molecule has 59 heavy (non-hydrogen) atoms. The molecule has 1 atom stereocenters. The summed E-state index contributed by atoms with van der Waals surface area (Å²) in [5.41, 5.74) is 0. The Labute approximate surface area is 362 Å². The molecule has 0 rings (SSSR count). The molecule has 0 spiro atoms. The second kappa shape index (κ2) is 47.0. The van der Waals surface area contributed by atoms with Gasteiger partial charge in [0.15, 0.2) is 6.10 Å². The first-order chi connectivity index (χ1) is 29.0. The number of carbonyl (C=O) groups is 3. The normalized spacial score (nSPS) is 12.9. The number of carbonyl (C=O) groups excluding carboxylic acids is 3. The highest BCUT2D eigenvalue weighted by molar-refractivity contribution is 5.71. The number of hydrogen-bond acceptors (Lipinski definition) is 6. The first-order valence-corrected chi connectivity index (χ1v) is 23.8. The standard InChI is InChI=1S/C53H86O6/c1-4-7-10-13-16-19-21-23-25-26-28-29-31-34-37-40-43-46-52(55)58-49-50(48-57-51(54)45-42-39-36-33-18-15-12-9-6-3)59-53(56)47-44-41-38-35-32-30-27-24-22-20-17-14-11-8-5-2/h9,12,16-20,22-25,28-29,33-34,37,50H,4-8,10-11,13-15,21,26-27,30-32,35-36,38-49H2,1-3H3/b12-9-,19-16-,20-17-,24-22-,25-23-,29-28-,33-18-,37-34-. The Morgan fingerprint density at radius 3 is 1.24 bits per heavy atom. The zero-order valence-electron chi connectivity index (χ0n) is 38.0. The lowest BCUT2D eigenvalue weighted by Gasteiger charge is -2.18. The summed E-state index contributed by atoms with van der Waals surface area (Å²) in [5, 5.41) is 0. The third-order valence-electron chi connectivity index (χ3n) is 9.57. The van der Waals surface area contributed by atoms with Crippen molar-refractivity contribution in [2.24, 2.45) is 0 Å². The van der Waals surface area contributed by atoms with Crippen LogP contribution in [0.2, 0.25) is 0 Å². The molecule has 0 N–H and O–H groups in total. The zero-order valence-corrected chi connectivity index (χ0v) is 38.0. The van der Waals surface area contributed by atoms with Crippen LogP contribution in [0, 0.1) is 0 Å². The maximum Gasteiger partial charge on any atom is 0.306 e. The third kappa shape index (κ3) is 45.3. The van der Waals surface area contributed by atoms with Gasteiger partial charge in [0.1, 0.15) is 13.2 Å². The monoisotopic (exact) mass is 819 g/mol. The average molecular weight is 819 g/mol. The van der Waals surface area contributed by atoms with Crippen LogP contribution in [0.1, 0.15) is 201 Å². The van der Waals surface area contributed by atoms with Gasteiger partial charge >= 0.3 is 17.9 Å². The Balaban J connectivity index is 4.50. The van der Waals surface area contributed by atoms with Crippen molar-refractivity contribution in [1.82, 2.24) is 0 Å². The summed E-state index contributed by atoms with van der Waals surface area (Å²) in [6.07, 6.45) is 61.2. The fourth-order valence-corrected chi connectivity index (χ4v) is 5.99. The van der Waals surface area contributed by atoms with E-state index in [0.29, 0.717) is 19.3 Å². The van der Waals surface area contributed by atoms with Crippen molar-refractivity contribution in [2.45, 2.75) is 207 Å². The molecular formula is C53H86O6. The molecule has 0 bridgehead atoms. The molecule has 0 amide bonds. The van der Waals surface area contributed by atoms with E-state index in [4.69, 9.17) is 14.2 Å². The van der Waals surface area contributed by atoms with E-state index in [-0.39, 0.29) is 37.5 Å². The second-order valence-corrected chi connectivity index (χ2v) is 15.3. The van der Waals surface area contributed by atoms with Crippen LogP contribution in [0.5, 0.6) is 0 Å². The van der Waals surface area contributed by atoms with Gasteiger partial charge in [-0.3, -0.25) is 14.4 Å². The van der Waals surface area contributed by atoms with Crippen LogP contribution in [0.15, 0.2) is 97.2 Å². The minimum absolute atomic E-state index is 0.118. The van der Waals surface area contributed by atoms with E-state index in [1.165, 1.54) is 57.8 Å². The maximum atomic E-state index is 12.7. The minimum Gasteiger partial charge on any atom is -0.462 e. The highest BCUT2D eigenvalue weighted by atomic mass is 16.6. The molecule has 0 aromatic heterocycles. The summed E-state index contributed by atoms with van der Waals surface area (Å²) >= 11 is 0. The Kier molecular flexibility index (Phi) is 44.1. The van der Waals surface area contributed by atoms with Gasteiger partial charge in [0.05, 0.1) is 0 Å². The van der Waals surface area contributed by atoms with Crippen molar-refractivity contribution in [3.05, 3.63) is 97.2 Å². The van der Waals surface area contributed by atoms with Crippen LogP contribution < -0.4 is 0 Å². The molecule has 0 radical (unpaired) electrons. The Morgan fingerprint density at radius 1 is 0.373 bits per heavy atom. The molecule has 0 aliphatic rings. The lowest BCUT2D eigenvalue weighted by Crippen LogP contribution is -2.30. The first kappa shape index (κ1) is 55.3. The van der Waals surface area contributed by atoms with Crippen molar-refractivity contribution >= 4 is 17.9 Å². The summed E-state index contributed by atoms with van der Waals surface area (Å²) in [6.45, 7) is 6.34. The van der Waals surface area contributed by atoms with Crippen LogP contribution >= 0.6 is 0 Å². The third-order valence-corrected chi connectivity index (χ3v) is 9.57. The molecule has 6 nitrogen and oxygen atoms in total. The molecule has 0 saturated carbocycles. The van der Waals surface area contributed by atoms with Gasteiger partial charge in [-0.2, -0.15) is 0 Å². The van der Waals surface area contributed by atoms with Gasteiger partial charge < -0.3 is 14.2 Å². The van der Waals surface area contributed by atoms with Crippen LogP contribution in [0.3, 0.4) is 0 Å². The summed E-state index contributed by atoms with van der Waals surface area (Å²) in [6, 6.07) is 0. The van der Waals surface area contributed by atoms with E-state index >= 15 is 0 Å². The van der Waals surface area contributed by atoms with Gasteiger partial charge in [0.2, 0.25) is 0 Å².